The molecular weight excluding hydrogens is 1910 g/mol. The molecule has 15 atom stereocenters. The highest BCUT2D eigenvalue weighted by Gasteiger charge is 2.79. The number of carbonyl (C=O) groups excluding carboxylic acids is 16. The minimum absolute atomic E-state index is 0.0164. The summed E-state index contributed by atoms with van der Waals surface area (Å²) in [5, 5.41) is 70.0. The number of aliphatic hydroxyl groups excluding tert-OH is 1. The van der Waals surface area contributed by atoms with Gasteiger partial charge in [0, 0.05) is 175 Å². The van der Waals surface area contributed by atoms with Crippen LogP contribution in [-0.2, 0) is 115 Å². The predicted octanol–water partition coefficient (Wildman–Crippen LogP) is 4.57. The second-order valence-corrected chi connectivity index (χ2v) is 40.8. The maximum atomic E-state index is 15.2. The highest BCUT2D eigenvalue weighted by atomic mass is 33.1. The van der Waals surface area contributed by atoms with Gasteiger partial charge in [-0.3, -0.25) is 63.2 Å². The number of ketones is 2. The summed E-state index contributed by atoms with van der Waals surface area (Å²) in [4.78, 5) is 238. The zero-order chi connectivity index (χ0) is 103. The summed E-state index contributed by atoms with van der Waals surface area (Å²) in [5.41, 5.74) is 4.63. The number of nitrogens with one attached hydrogen (secondary N) is 8. The third-order valence-corrected chi connectivity index (χ3v) is 31.3. The van der Waals surface area contributed by atoms with Crippen molar-refractivity contribution >= 4 is 166 Å². The van der Waals surface area contributed by atoms with E-state index in [0.717, 1.165) is 33.3 Å². The van der Waals surface area contributed by atoms with Gasteiger partial charge in [-0.25, -0.2) is 24.8 Å². The number of piperidine rings is 1. The van der Waals surface area contributed by atoms with Crippen molar-refractivity contribution in [2.24, 2.45) is 23.2 Å². The van der Waals surface area contributed by atoms with Crippen molar-refractivity contribution < 1.29 is 131 Å². The van der Waals surface area contributed by atoms with Gasteiger partial charge in [-0.2, -0.15) is 28.8 Å². The number of methoxy groups -OCH3 is 1. The molecule has 758 valence electrons. The molecule has 4 aromatic carbocycles. The fraction of sp³-hybridized carbons (Fsp3) is 0.510. The number of amides is 6. The molecule has 7 heterocycles. The topological polar surface area (TPSA) is 592 Å². The van der Waals surface area contributed by atoms with Crippen molar-refractivity contribution in [1.29, 1.82) is 0 Å². The minimum atomic E-state index is -2.62. The van der Waals surface area contributed by atoms with Gasteiger partial charge in [-0.1, -0.05) is 113 Å². The number of aliphatic hydroxyl groups is 3. The first-order chi connectivity index (χ1) is 67.3. The standard InChI is InChI=1S/C93H117N13O22S4.3CO2/c1-10-31-106(50-58-18-23-69-65(43-58)81(115)97-57(7)96-69)61-21-19-60(20-22-61)80(114)99-70(82(116)117)24-25-76(111)127-35-39-131-129-37-27-62(108)41-54(4)78(112)95-56(6)73(109)42-55(5)79(113)100-71(83(118)119)48-94-75(110)28-38-130-132-40-36-128-88(122)102-101-87(121)93(124)85-92(30-34-105-32-15-29-90(12-3,84(92)105)86(93)120)66-44-67(74(125-9)45-72(66)103(85)8)91(52-126-53-107)47-59-46-89(123,11-2)51-104(49-59)33-26-64-63-16-13-14-17-68(63)98-77(64)91;3*2-1-3/h1,13-23,29,43-45,53-56,59,70-71,84-86,98,120,123-124H,11-12,24-28,30-42,46-52H2,2-9H3,(H,94,110)(H,95,112)(H,99,114)(H,100,113)(H,101,121)(H,102,122)(H,116,117)(H,118,119)(H,96,97,115);;;/t54-,55-,56+,59-,70+,71+,84+,85-,86-,89+,90-,91+,92-,93+;;;/m1.../s1. The Balaban J connectivity index is 0.00000237. The third-order valence-electron chi connectivity index (χ3n) is 26.5. The van der Waals surface area contributed by atoms with E-state index in [2.05, 4.69) is 74.9 Å². The van der Waals surface area contributed by atoms with E-state index in [1.807, 2.05) is 66.1 Å². The zero-order valence-electron chi connectivity index (χ0n) is 79.1. The number of nitrogens with zero attached hydrogens (tertiary/aromatic N) is 5. The molecule has 0 radical (unpaired) electrons. The summed E-state index contributed by atoms with van der Waals surface area (Å²) in [7, 11) is 8.53. The van der Waals surface area contributed by atoms with Gasteiger partial charge in [0.25, 0.3) is 23.8 Å². The number of anilines is 2. The maximum Gasteiger partial charge on any atom is 0.426 e. The lowest BCUT2D eigenvalue weighted by Crippen LogP contribution is -2.82. The number of hydrazine groups is 1. The molecular formula is C96H117N13O28S4. The van der Waals surface area contributed by atoms with E-state index in [0.29, 0.717) is 135 Å². The number of carbonyl (C=O) groups is 12. The van der Waals surface area contributed by atoms with Crippen molar-refractivity contribution in [3.63, 3.8) is 0 Å². The highest BCUT2D eigenvalue weighted by molar-refractivity contribution is 8.77. The van der Waals surface area contributed by atoms with Crippen LogP contribution in [0, 0.1) is 42.4 Å². The Kier molecular flexibility index (Phi) is 41.1. The van der Waals surface area contributed by atoms with Crippen LogP contribution in [0.4, 0.5) is 16.2 Å². The Morgan fingerprint density at radius 3 is 2.06 bits per heavy atom. The Bertz CT molecular complexity index is 5760. The molecule has 2 aromatic heterocycles. The van der Waals surface area contributed by atoms with Crippen molar-refractivity contribution in [3.05, 3.63) is 141 Å². The van der Waals surface area contributed by atoms with Crippen molar-refractivity contribution in [3.8, 4) is 18.1 Å². The van der Waals surface area contributed by atoms with Gasteiger partial charge in [-0.15, -0.1) is 6.42 Å². The number of fused-ring (bicyclic) bond motifs is 7. The molecule has 45 heteroatoms. The van der Waals surface area contributed by atoms with Crippen LogP contribution in [0.5, 0.6) is 5.75 Å². The number of hydrogen-bond donors (Lipinski definition) is 13. The molecule has 2 bridgehead atoms. The number of esters is 1. The molecule has 1 unspecified atom stereocenters. The predicted molar refractivity (Wildman–Crippen MR) is 516 cm³/mol. The second kappa shape index (κ2) is 51.7. The van der Waals surface area contributed by atoms with Crippen molar-refractivity contribution in [2.75, 3.05) is 113 Å². The van der Waals surface area contributed by atoms with E-state index in [9.17, 15) is 83.1 Å². The maximum absolute atomic E-state index is 15.2. The van der Waals surface area contributed by atoms with Crippen LogP contribution in [0.2, 0.25) is 0 Å². The van der Waals surface area contributed by atoms with E-state index < -0.39 is 141 Å². The van der Waals surface area contributed by atoms with Crippen LogP contribution < -0.4 is 52.2 Å². The monoisotopic (exact) mass is 2030 g/mol. The number of para-hydroxylation sites is 1. The van der Waals surface area contributed by atoms with Gasteiger partial charge >= 0.3 is 42.5 Å². The minimum Gasteiger partial charge on any atom is -0.496 e. The Hall–Kier alpha value is -12.6. The van der Waals surface area contributed by atoms with Crippen LogP contribution in [0.25, 0.3) is 21.8 Å². The van der Waals surface area contributed by atoms with E-state index in [1.54, 1.807) is 45.3 Å². The number of carboxylic acid groups (broad SMARTS) is 2. The summed E-state index contributed by atoms with van der Waals surface area (Å²) in [6.45, 7) is 13.2. The van der Waals surface area contributed by atoms with Gasteiger partial charge in [0.1, 0.15) is 55.4 Å². The molecule has 3 fully saturated rings. The van der Waals surface area contributed by atoms with Gasteiger partial charge in [-0.05, 0) is 136 Å². The first-order valence-electron chi connectivity index (χ1n) is 45.6. The summed E-state index contributed by atoms with van der Waals surface area (Å²) in [6.07, 6.45) is 9.35. The molecule has 6 aliphatic rings. The molecule has 13 N–H and O–H groups in total. The third kappa shape index (κ3) is 26.8. The summed E-state index contributed by atoms with van der Waals surface area (Å²) >= 11 is 0. The number of aromatic amines is 2. The zero-order valence-corrected chi connectivity index (χ0v) is 82.4. The average molecular weight is 2030 g/mol. The molecule has 12 rings (SSSR count). The lowest BCUT2D eigenvalue weighted by Gasteiger charge is -2.63. The summed E-state index contributed by atoms with van der Waals surface area (Å²) in [6, 6.07) is 18.2. The highest BCUT2D eigenvalue weighted by Crippen LogP contribution is 2.68. The molecule has 6 aromatic rings. The molecule has 2 saturated heterocycles. The number of aliphatic carboxylic acids is 2. The molecule has 141 heavy (non-hydrogen) atoms. The van der Waals surface area contributed by atoms with E-state index in [-0.39, 0.29) is 118 Å². The number of terminal acetylenes is 1. The molecule has 5 aliphatic heterocycles. The lowest BCUT2D eigenvalue weighted by atomic mass is 9.47. The first kappa shape index (κ1) is 112. The Labute approximate surface area is 827 Å². The van der Waals surface area contributed by atoms with E-state index in [4.69, 9.17) is 54.1 Å². The molecule has 1 aliphatic carbocycles. The van der Waals surface area contributed by atoms with Crippen molar-refractivity contribution in [2.45, 2.75) is 183 Å². The van der Waals surface area contributed by atoms with Gasteiger partial charge in [0.2, 0.25) is 17.7 Å². The number of H-pyrrole nitrogens is 2. The molecule has 1 saturated carbocycles. The smallest absolute Gasteiger partial charge is 0.426 e. The molecule has 41 nitrogen and oxygen atoms in total. The summed E-state index contributed by atoms with van der Waals surface area (Å²) in [5.74, 6) is -5.18. The Morgan fingerprint density at radius 1 is 0.745 bits per heavy atom. The number of carboxylic acids is 2. The fourth-order valence-electron chi connectivity index (χ4n) is 20.2. The summed E-state index contributed by atoms with van der Waals surface area (Å²) < 4.78 is 23.2. The average Bonchev–Trinajstić information content (AvgIpc) is 1.48. The number of aromatic nitrogens is 3. The largest absolute Gasteiger partial charge is 0.496 e. The number of rotatable bonds is 44. The fourth-order valence-corrected chi connectivity index (χ4v) is 23.9. The van der Waals surface area contributed by atoms with Gasteiger partial charge < -0.3 is 85.5 Å². The lowest BCUT2D eigenvalue weighted by molar-refractivity contribution is -0.204. The van der Waals surface area contributed by atoms with E-state index in [1.165, 1.54) is 76.1 Å². The first-order valence-corrected chi connectivity index (χ1v) is 50.5. The quantitative estimate of drug-likeness (QED) is 0.00364. The molecule has 1 spiro atoms. The van der Waals surface area contributed by atoms with Gasteiger partial charge in [0.15, 0.2) is 11.4 Å². The van der Waals surface area contributed by atoms with Gasteiger partial charge in [0.05, 0.1) is 47.7 Å². The number of aryl methyl sites for hydroxylation is 1. The normalized spacial score (nSPS) is 22.5. The van der Waals surface area contributed by atoms with Crippen LogP contribution in [0.1, 0.15) is 149 Å². The van der Waals surface area contributed by atoms with Crippen LogP contribution in [-0.4, -0.2) is 291 Å². The second-order valence-electron chi connectivity index (χ2n) is 35.4. The van der Waals surface area contributed by atoms with Crippen LogP contribution in [0.15, 0.2) is 95.8 Å². The van der Waals surface area contributed by atoms with Crippen molar-refractivity contribution in [1.82, 2.24) is 56.9 Å². The van der Waals surface area contributed by atoms with Crippen LogP contribution in [0.3, 0.4) is 0 Å². The number of ether oxygens (including phenoxy) is 4. The number of likely N-dealkylation sites (N-methyl/N-ethyl adjacent to an activating group) is 1. The molecule has 6 amide bonds. The number of benzene rings is 4. The van der Waals surface area contributed by atoms with E-state index >= 15 is 4.79 Å². The number of Topliss-reactive ketones (excluding diaryl/α,β-unsaturated/α-hetero) is 2. The Morgan fingerprint density at radius 2 is 1.40 bits per heavy atom. The SMILES string of the molecule is C#CCN(Cc1ccc2nc(C)[nH]c(=O)c2c1)c1ccc(C(=O)N[C@@H](CCC(=O)OCCSSCCC(=O)C[C@@H](C)C(=O)N[C@@H](C)C(=O)C[C@@H](C)C(=O)N[C@@H](CNC(=O)CCSSCCOC(=O)NNC(=O)[C@@]2(O)[C@H](O)[C@]3(CC)C=CCN4CC[C@@]5(c6cc([C@@]7(COC=O)C[C@@H]8CN(CCc9c7[nH]c7ccccc97)C[C@](O)(CC)C8)c(OC)cc6N(C)[C@@H]25)[C@@H]43)C(=O)O)C(=O)O)cc1.O=C=O.O=C=O.O=C=O. The number of hydrogen-bond acceptors (Lipinski definition) is 35. The van der Waals surface area contributed by atoms with Crippen LogP contribution >= 0.6 is 43.2 Å².